The molecule has 0 atom stereocenters. The van der Waals surface area contributed by atoms with Crippen LogP contribution in [0.3, 0.4) is 0 Å². The van der Waals surface area contributed by atoms with E-state index in [4.69, 9.17) is 23.2 Å². The van der Waals surface area contributed by atoms with Gasteiger partial charge < -0.3 is 5.11 Å². The zero-order valence-electron chi connectivity index (χ0n) is 13.1. The number of phenolic OH excluding ortho intramolecular Hbond substituents is 1. The molecule has 0 saturated heterocycles. The predicted molar refractivity (Wildman–Crippen MR) is 108 cm³/mol. The van der Waals surface area contributed by atoms with Gasteiger partial charge in [0.15, 0.2) is 0 Å². The van der Waals surface area contributed by atoms with E-state index >= 15 is 0 Å². The minimum absolute atomic E-state index is 0.0369. The summed E-state index contributed by atoms with van der Waals surface area (Å²) in [6.07, 6.45) is 0. The summed E-state index contributed by atoms with van der Waals surface area (Å²) in [5.74, 6) is 0.0369. The van der Waals surface area contributed by atoms with Crippen LogP contribution in [-0.4, -0.2) is 5.11 Å². The van der Waals surface area contributed by atoms with Crippen molar-refractivity contribution in [2.45, 2.75) is 0 Å². The third kappa shape index (κ3) is 2.03. The van der Waals surface area contributed by atoms with E-state index in [-0.39, 0.29) is 10.8 Å². The lowest BCUT2D eigenvalue weighted by Gasteiger charge is -2.12. The molecule has 0 spiro atoms. The van der Waals surface area contributed by atoms with Crippen molar-refractivity contribution < 1.29 is 5.11 Å². The SMILES string of the molecule is Oc1c(Cl)c(Cl)cc2ccc3c4ccc5ccccc5c4ccc3c12. The molecule has 0 aliphatic carbocycles. The molecule has 0 radical (unpaired) electrons. The molecule has 1 N–H and O–H groups in total. The highest BCUT2D eigenvalue weighted by Crippen LogP contribution is 2.43. The number of hydrogen-bond acceptors (Lipinski definition) is 1. The van der Waals surface area contributed by atoms with Gasteiger partial charge in [-0.05, 0) is 43.8 Å². The second-order valence-corrected chi connectivity index (χ2v) is 7.01. The molecule has 0 aliphatic rings. The van der Waals surface area contributed by atoms with E-state index < -0.39 is 0 Å². The Morgan fingerprint density at radius 3 is 2.04 bits per heavy atom. The van der Waals surface area contributed by atoms with E-state index in [2.05, 4.69) is 48.5 Å². The summed E-state index contributed by atoms with van der Waals surface area (Å²) in [6, 6.07) is 22.7. The van der Waals surface area contributed by atoms with Crippen LogP contribution in [0.4, 0.5) is 0 Å². The smallest absolute Gasteiger partial charge is 0.144 e. The number of hydrogen-bond donors (Lipinski definition) is 1. The third-order valence-electron chi connectivity index (χ3n) is 4.89. The van der Waals surface area contributed by atoms with Crippen LogP contribution in [0.1, 0.15) is 0 Å². The molecule has 0 amide bonds. The molecule has 5 aromatic carbocycles. The Hall–Kier alpha value is -2.48. The van der Waals surface area contributed by atoms with Gasteiger partial charge >= 0.3 is 0 Å². The van der Waals surface area contributed by atoms with E-state index in [1.54, 1.807) is 6.07 Å². The Morgan fingerprint density at radius 1 is 0.600 bits per heavy atom. The van der Waals surface area contributed by atoms with Crippen molar-refractivity contribution in [3.8, 4) is 5.75 Å². The minimum atomic E-state index is 0.0369. The van der Waals surface area contributed by atoms with Crippen molar-refractivity contribution in [2.75, 3.05) is 0 Å². The molecule has 3 heteroatoms. The molecule has 0 aromatic heterocycles. The highest BCUT2D eigenvalue weighted by molar-refractivity contribution is 6.44. The van der Waals surface area contributed by atoms with Crippen LogP contribution in [-0.2, 0) is 0 Å². The first kappa shape index (κ1) is 14.8. The molecule has 0 bridgehead atoms. The standard InChI is InChI=1S/C22H12Cl2O/c23-19-11-13-6-8-17-16-7-5-12-3-1-2-4-14(12)15(16)9-10-18(17)20(13)22(25)21(19)24/h1-11,25H. The number of aromatic hydroxyl groups is 1. The first-order chi connectivity index (χ1) is 12.1. The maximum absolute atomic E-state index is 10.6. The van der Waals surface area contributed by atoms with E-state index in [0.717, 1.165) is 26.9 Å². The van der Waals surface area contributed by atoms with Crippen molar-refractivity contribution in [1.29, 1.82) is 0 Å². The van der Waals surface area contributed by atoms with Gasteiger partial charge in [-0.2, -0.15) is 0 Å². The largest absolute Gasteiger partial charge is 0.506 e. The number of benzene rings is 5. The quantitative estimate of drug-likeness (QED) is 0.286. The van der Waals surface area contributed by atoms with Crippen molar-refractivity contribution in [1.82, 2.24) is 0 Å². The van der Waals surface area contributed by atoms with E-state index in [1.807, 2.05) is 12.1 Å². The summed E-state index contributed by atoms with van der Waals surface area (Å²) < 4.78 is 0. The molecule has 25 heavy (non-hydrogen) atoms. The molecule has 0 heterocycles. The predicted octanol–water partition coefficient (Wildman–Crippen LogP) is 7.31. The van der Waals surface area contributed by atoms with Gasteiger partial charge in [0.1, 0.15) is 10.8 Å². The molecular weight excluding hydrogens is 351 g/mol. The maximum Gasteiger partial charge on any atom is 0.144 e. The molecule has 5 aromatic rings. The molecule has 0 saturated carbocycles. The summed E-state index contributed by atoms with van der Waals surface area (Å²) in [5.41, 5.74) is 0. The zero-order chi connectivity index (χ0) is 17.1. The Balaban J connectivity index is 2.02. The van der Waals surface area contributed by atoms with Gasteiger partial charge in [-0.15, -0.1) is 0 Å². The molecule has 0 unspecified atom stereocenters. The van der Waals surface area contributed by atoms with Crippen LogP contribution in [0.5, 0.6) is 5.75 Å². The topological polar surface area (TPSA) is 20.2 Å². The average molecular weight is 363 g/mol. The number of fused-ring (bicyclic) bond motifs is 7. The van der Waals surface area contributed by atoms with Crippen LogP contribution >= 0.6 is 23.2 Å². The summed E-state index contributed by atoms with van der Waals surface area (Å²) in [5, 5.41) is 19.6. The summed E-state index contributed by atoms with van der Waals surface area (Å²) in [6.45, 7) is 0. The number of phenols is 1. The second kappa shape index (κ2) is 5.26. The molecular formula is C22H12Cl2O. The van der Waals surface area contributed by atoms with Crippen LogP contribution in [0, 0.1) is 0 Å². The lowest BCUT2D eigenvalue weighted by atomic mass is 9.94. The van der Waals surface area contributed by atoms with Crippen molar-refractivity contribution in [2.24, 2.45) is 0 Å². The van der Waals surface area contributed by atoms with Crippen LogP contribution in [0.15, 0.2) is 66.7 Å². The van der Waals surface area contributed by atoms with Crippen molar-refractivity contribution >= 4 is 66.3 Å². The summed E-state index contributed by atoms with van der Waals surface area (Å²) >= 11 is 12.3. The fraction of sp³-hybridized carbons (Fsp3) is 0. The van der Waals surface area contributed by atoms with E-state index in [1.165, 1.54) is 16.2 Å². The molecule has 1 nitrogen and oxygen atoms in total. The Kier molecular flexibility index (Phi) is 3.12. The number of rotatable bonds is 0. The fourth-order valence-electron chi connectivity index (χ4n) is 3.73. The van der Waals surface area contributed by atoms with E-state index in [9.17, 15) is 5.11 Å². The first-order valence-electron chi connectivity index (χ1n) is 7.99. The Morgan fingerprint density at radius 2 is 1.20 bits per heavy atom. The first-order valence-corrected chi connectivity index (χ1v) is 8.74. The lowest BCUT2D eigenvalue weighted by Crippen LogP contribution is -1.84. The second-order valence-electron chi connectivity index (χ2n) is 6.23. The maximum atomic E-state index is 10.6. The van der Waals surface area contributed by atoms with Gasteiger partial charge in [-0.1, -0.05) is 83.9 Å². The van der Waals surface area contributed by atoms with Crippen molar-refractivity contribution in [3.05, 3.63) is 76.8 Å². The van der Waals surface area contributed by atoms with Gasteiger partial charge in [-0.25, -0.2) is 0 Å². The van der Waals surface area contributed by atoms with Gasteiger partial charge in [0.2, 0.25) is 0 Å². The van der Waals surface area contributed by atoms with Crippen molar-refractivity contribution in [3.63, 3.8) is 0 Å². The lowest BCUT2D eigenvalue weighted by molar-refractivity contribution is 0.482. The Bertz CT molecular complexity index is 1320. The van der Waals surface area contributed by atoms with Gasteiger partial charge in [0, 0.05) is 5.39 Å². The van der Waals surface area contributed by atoms with Crippen LogP contribution in [0.25, 0.3) is 43.1 Å². The molecule has 5 rings (SSSR count). The minimum Gasteiger partial charge on any atom is -0.506 e. The van der Waals surface area contributed by atoms with Crippen LogP contribution < -0.4 is 0 Å². The highest BCUT2D eigenvalue weighted by Gasteiger charge is 2.14. The molecule has 0 fully saturated rings. The monoisotopic (exact) mass is 362 g/mol. The van der Waals surface area contributed by atoms with Gasteiger partial charge in [-0.3, -0.25) is 0 Å². The fourth-order valence-corrected chi connectivity index (χ4v) is 4.08. The number of halogens is 2. The Labute approximate surface area is 154 Å². The van der Waals surface area contributed by atoms with E-state index in [0.29, 0.717) is 5.02 Å². The van der Waals surface area contributed by atoms with Gasteiger partial charge in [0.05, 0.1) is 5.02 Å². The average Bonchev–Trinajstić information content (AvgIpc) is 2.65. The summed E-state index contributed by atoms with van der Waals surface area (Å²) in [7, 11) is 0. The third-order valence-corrected chi connectivity index (χ3v) is 5.67. The zero-order valence-corrected chi connectivity index (χ0v) is 14.6. The normalized spacial score (nSPS) is 11.8. The summed E-state index contributed by atoms with van der Waals surface area (Å²) in [4.78, 5) is 0. The van der Waals surface area contributed by atoms with Gasteiger partial charge in [0.25, 0.3) is 0 Å². The highest BCUT2D eigenvalue weighted by atomic mass is 35.5. The van der Waals surface area contributed by atoms with Crippen LogP contribution in [0.2, 0.25) is 10.0 Å². The molecule has 0 aliphatic heterocycles. The molecule has 120 valence electrons.